The van der Waals surface area contributed by atoms with Gasteiger partial charge in [-0.05, 0) is 43.3 Å². The second-order valence-corrected chi connectivity index (χ2v) is 5.25. The van der Waals surface area contributed by atoms with E-state index < -0.39 is 0 Å². The zero-order valence-corrected chi connectivity index (χ0v) is 13.5. The largest absolute Gasteiger partial charge is 0.494 e. The molecular formula is C18H20N2O4. The van der Waals surface area contributed by atoms with E-state index in [0.29, 0.717) is 19.6 Å². The molecular weight excluding hydrogens is 308 g/mol. The van der Waals surface area contributed by atoms with Gasteiger partial charge in [0, 0.05) is 30.4 Å². The second-order valence-electron chi connectivity index (χ2n) is 5.25. The quantitative estimate of drug-likeness (QED) is 0.816. The zero-order chi connectivity index (χ0) is 16.8. The van der Waals surface area contributed by atoms with Crippen LogP contribution in [0.2, 0.25) is 0 Å². The van der Waals surface area contributed by atoms with Crippen molar-refractivity contribution in [3.05, 3.63) is 42.5 Å². The molecule has 0 radical (unpaired) electrons. The molecule has 0 saturated carbocycles. The maximum absolute atomic E-state index is 12.0. The average Bonchev–Trinajstić information content (AvgIpc) is 3.05. The van der Waals surface area contributed by atoms with E-state index in [1.54, 1.807) is 0 Å². The molecule has 1 amide bonds. The maximum atomic E-state index is 12.0. The summed E-state index contributed by atoms with van der Waals surface area (Å²) in [5, 5.41) is 6.06. The molecule has 1 aliphatic heterocycles. The Balaban J connectivity index is 1.44. The monoisotopic (exact) mass is 328 g/mol. The number of carbonyl (C=O) groups excluding carboxylic acids is 1. The SMILES string of the molecule is CCOc1ccc(NC(=O)CCNc2ccc3c(c2)OCO3)cc1. The van der Waals surface area contributed by atoms with Gasteiger partial charge in [-0.1, -0.05) is 0 Å². The third-order valence-corrected chi connectivity index (χ3v) is 3.50. The highest BCUT2D eigenvalue weighted by Gasteiger charge is 2.13. The van der Waals surface area contributed by atoms with E-state index in [9.17, 15) is 4.79 Å². The van der Waals surface area contributed by atoms with Gasteiger partial charge in [0.05, 0.1) is 6.61 Å². The molecule has 1 aliphatic rings. The molecule has 2 N–H and O–H groups in total. The van der Waals surface area contributed by atoms with Crippen LogP contribution < -0.4 is 24.8 Å². The summed E-state index contributed by atoms with van der Waals surface area (Å²) in [4.78, 5) is 12.0. The van der Waals surface area contributed by atoms with Crippen LogP contribution in [0.5, 0.6) is 17.2 Å². The second kappa shape index (κ2) is 7.59. The fourth-order valence-corrected chi connectivity index (χ4v) is 2.35. The number of rotatable bonds is 7. The van der Waals surface area contributed by atoms with Crippen LogP contribution in [-0.4, -0.2) is 25.9 Å². The molecule has 0 spiro atoms. The lowest BCUT2D eigenvalue weighted by Crippen LogP contribution is -2.16. The Bertz CT molecular complexity index is 701. The van der Waals surface area contributed by atoms with Crippen LogP contribution in [0.25, 0.3) is 0 Å². The van der Waals surface area contributed by atoms with E-state index in [1.807, 2.05) is 49.4 Å². The Morgan fingerprint density at radius 2 is 1.83 bits per heavy atom. The molecule has 2 aromatic carbocycles. The molecule has 6 nitrogen and oxygen atoms in total. The smallest absolute Gasteiger partial charge is 0.231 e. The van der Waals surface area contributed by atoms with Crippen molar-refractivity contribution in [3.8, 4) is 17.2 Å². The average molecular weight is 328 g/mol. The number of hydrogen-bond acceptors (Lipinski definition) is 5. The van der Waals surface area contributed by atoms with Crippen LogP contribution in [0, 0.1) is 0 Å². The topological polar surface area (TPSA) is 68.8 Å². The minimum Gasteiger partial charge on any atom is -0.494 e. The van der Waals surface area contributed by atoms with Crippen molar-refractivity contribution in [1.29, 1.82) is 0 Å². The number of carbonyl (C=O) groups is 1. The van der Waals surface area contributed by atoms with Gasteiger partial charge < -0.3 is 24.8 Å². The minimum absolute atomic E-state index is 0.0487. The Kier molecular flexibility index (Phi) is 5.05. The van der Waals surface area contributed by atoms with Crippen LogP contribution in [-0.2, 0) is 4.79 Å². The van der Waals surface area contributed by atoms with Gasteiger partial charge >= 0.3 is 0 Å². The van der Waals surface area contributed by atoms with Gasteiger partial charge in [0.2, 0.25) is 12.7 Å². The molecule has 6 heteroatoms. The predicted molar refractivity (Wildman–Crippen MR) is 91.9 cm³/mol. The lowest BCUT2D eigenvalue weighted by atomic mass is 10.2. The molecule has 0 saturated heterocycles. The van der Waals surface area contributed by atoms with Gasteiger partial charge in [-0.2, -0.15) is 0 Å². The van der Waals surface area contributed by atoms with Gasteiger partial charge in [-0.3, -0.25) is 4.79 Å². The molecule has 0 fully saturated rings. The van der Waals surface area contributed by atoms with Gasteiger partial charge in [0.25, 0.3) is 0 Å². The molecule has 0 bridgehead atoms. The number of hydrogen-bond donors (Lipinski definition) is 2. The summed E-state index contributed by atoms with van der Waals surface area (Å²) in [5.74, 6) is 2.21. The van der Waals surface area contributed by atoms with Crippen LogP contribution in [0.3, 0.4) is 0 Å². The highest BCUT2D eigenvalue weighted by Crippen LogP contribution is 2.34. The van der Waals surface area contributed by atoms with Gasteiger partial charge in [0.1, 0.15) is 5.75 Å². The van der Waals surface area contributed by atoms with E-state index in [-0.39, 0.29) is 12.7 Å². The first-order chi connectivity index (χ1) is 11.7. The van der Waals surface area contributed by atoms with E-state index in [1.165, 1.54) is 0 Å². The van der Waals surface area contributed by atoms with Crippen molar-refractivity contribution in [2.75, 3.05) is 30.6 Å². The number of ether oxygens (including phenoxy) is 3. The Morgan fingerprint density at radius 3 is 2.62 bits per heavy atom. The first kappa shape index (κ1) is 16.0. The standard InChI is InChI=1S/C18H20N2O4/c1-2-22-15-6-3-13(4-7-15)20-18(21)9-10-19-14-5-8-16-17(11-14)24-12-23-16/h3-8,11,19H,2,9-10,12H2,1H3,(H,20,21). The first-order valence-electron chi connectivity index (χ1n) is 7.91. The van der Waals surface area contributed by atoms with Gasteiger partial charge in [0.15, 0.2) is 11.5 Å². The molecule has 126 valence electrons. The normalized spacial score (nSPS) is 11.9. The maximum Gasteiger partial charge on any atom is 0.231 e. The van der Waals surface area contributed by atoms with Crippen molar-refractivity contribution < 1.29 is 19.0 Å². The lowest BCUT2D eigenvalue weighted by Gasteiger charge is -2.09. The molecule has 0 aliphatic carbocycles. The summed E-state index contributed by atoms with van der Waals surface area (Å²) < 4.78 is 16.0. The van der Waals surface area contributed by atoms with Crippen molar-refractivity contribution in [3.63, 3.8) is 0 Å². The van der Waals surface area contributed by atoms with E-state index >= 15 is 0 Å². The van der Waals surface area contributed by atoms with Crippen LogP contribution in [0.4, 0.5) is 11.4 Å². The molecule has 2 aromatic rings. The highest BCUT2D eigenvalue weighted by atomic mass is 16.7. The summed E-state index contributed by atoms with van der Waals surface area (Å²) >= 11 is 0. The fourth-order valence-electron chi connectivity index (χ4n) is 2.35. The van der Waals surface area contributed by atoms with Crippen molar-refractivity contribution >= 4 is 17.3 Å². The zero-order valence-electron chi connectivity index (χ0n) is 13.5. The third kappa shape index (κ3) is 4.10. The molecule has 0 atom stereocenters. The van der Waals surface area contributed by atoms with Gasteiger partial charge in [-0.25, -0.2) is 0 Å². The van der Waals surface area contributed by atoms with Crippen LogP contribution >= 0.6 is 0 Å². The first-order valence-corrected chi connectivity index (χ1v) is 7.91. The minimum atomic E-state index is -0.0487. The summed E-state index contributed by atoms with van der Waals surface area (Å²) in [5.41, 5.74) is 1.65. The lowest BCUT2D eigenvalue weighted by molar-refractivity contribution is -0.115. The summed E-state index contributed by atoms with van der Waals surface area (Å²) in [6, 6.07) is 12.9. The van der Waals surface area contributed by atoms with Crippen LogP contribution in [0.15, 0.2) is 42.5 Å². The predicted octanol–water partition coefficient (Wildman–Crippen LogP) is 3.25. The van der Waals surface area contributed by atoms with Gasteiger partial charge in [-0.15, -0.1) is 0 Å². The summed E-state index contributed by atoms with van der Waals surface area (Å²) in [6.45, 7) is 3.34. The fraction of sp³-hybridized carbons (Fsp3) is 0.278. The Labute approximate surface area is 140 Å². The molecule has 24 heavy (non-hydrogen) atoms. The highest BCUT2D eigenvalue weighted by molar-refractivity contribution is 5.91. The third-order valence-electron chi connectivity index (χ3n) is 3.50. The molecule has 3 rings (SSSR count). The summed E-state index contributed by atoms with van der Waals surface area (Å²) in [7, 11) is 0. The number of anilines is 2. The van der Waals surface area contributed by atoms with E-state index in [2.05, 4.69) is 10.6 Å². The Hall–Kier alpha value is -2.89. The van der Waals surface area contributed by atoms with Crippen LogP contribution in [0.1, 0.15) is 13.3 Å². The van der Waals surface area contributed by atoms with E-state index in [4.69, 9.17) is 14.2 Å². The molecule has 0 aromatic heterocycles. The molecule has 0 unspecified atom stereocenters. The van der Waals surface area contributed by atoms with Crippen molar-refractivity contribution in [2.45, 2.75) is 13.3 Å². The number of benzene rings is 2. The number of nitrogens with one attached hydrogen (secondary N) is 2. The van der Waals surface area contributed by atoms with E-state index in [0.717, 1.165) is 28.6 Å². The van der Waals surface area contributed by atoms with Crippen molar-refractivity contribution in [2.24, 2.45) is 0 Å². The van der Waals surface area contributed by atoms with Crippen molar-refractivity contribution in [1.82, 2.24) is 0 Å². The number of amides is 1. The molecule has 1 heterocycles. The Morgan fingerprint density at radius 1 is 1.08 bits per heavy atom. The number of fused-ring (bicyclic) bond motifs is 1. The summed E-state index contributed by atoms with van der Waals surface area (Å²) in [6.07, 6.45) is 0.363.